The van der Waals surface area contributed by atoms with Gasteiger partial charge >= 0.3 is 6.03 Å². The molecule has 0 spiro atoms. The monoisotopic (exact) mass is 477 g/mol. The van der Waals surface area contributed by atoms with Crippen molar-refractivity contribution in [3.8, 4) is 0 Å². The van der Waals surface area contributed by atoms with E-state index in [4.69, 9.17) is 4.42 Å². The summed E-state index contributed by atoms with van der Waals surface area (Å²) < 4.78 is 6.61. The van der Waals surface area contributed by atoms with Crippen LogP contribution in [0, 0.1) is 0 Å². The van der Waals surface area contributed by atoms with Crippen LogP contribution in [0.1, 0.15) is 31.1 Å². The molecule has 2 aromatic carbocycles. The van der Waals surface area contributed by atoms with E-state index in [1.165, 1.54) is 0 Å². The highest BCUT2D eigenvalue weighted by molar-refractivity contribution is 9.10. The van der Waals surface area contributed by atoms with Gasteiger partial charge in [-0.05, 0) is 55.3 Å². The summed E-state index contributed by atoms with van der Waals surface area (Å²) in [4.78, 5) is 28.4. The highest BCUT2D eigenvalue weighted by Crippen LogP contribution is 2.45. The van der Waals surface area contributed by atoms with E-state index in [-0.39, 0.29) is 11.8 Å². The average Bonchev–Trinajstić information content (AvgIpc) is 3.23. The van der Waals surface area contributed by atoms with Crippen molar-refractivity contribution in [2.24, 2.45) is 0 Å². The minimum Gasteiger partial charge on any atom is -0.467 e. The zero-order valence-corrected chi connectivity index (χ0v) is 18.2. The quantitative estimate of drug-likeness (QED) is 0.456. The molecule has 1 aromatic heterocycles. The van der Waals surface area contributed by atoms with E-state index in [1.807, 2.05) is 54.6 Å². The van der Waals surface area contributed by atoms with E-state index in [9.17, 15) is 9.59 Å². The van der Waals surface area contributed by atoms with Gasteiger partial charge in [-0.1, -0.05) is 34.1 Å². The first kappa shape index (κ1) is 19.6. The molecule has 0 saturated carbocycles. The van der Waals surface area contributed by atoms with Gasteiger partial charge in [0.25, 0.3) is 0 Å². The van der Waals surface area contributed by atoms with Crippen molar-refractivity contribution in [1.29, 1.82) is 0 Å². The summed E-state index contributed by atoms with van der Waals surface area (Å²) in [5.74, 6) is 0.578. The number of para-hydroxylation sites is 2. The van der Waals surface area contributed by atoms with Crippen LogP contribution in [-0.4, -0.2) is 11.8 Å². The smallest absolute Gasteiger partial charge is 0.327 e. The van der Waals surface area contributed by atoms with E-state index < -0.39 is 6.04 Å². The van der Waals surface area contributed by atoms with Crippen LogP contribution in [0.3, 0.4) is 0 Å². The van der Waals surface area contributed by atoms with Gasteiger partial charge in [0.05, 0.1) is 17.6 Å². The summed E-state index contributed by atoms with van der Waals surface area (Å²) in [7, 11) is 0. The van der Waals surface area contributed by atoms with E-state index in [0.29, 0.717) is 29.1 Å². The fraction of sp³-hybridized carbons (Fsp3) is 0.167. The largest absolute Gasteiger partial charge is 0.467 e. The normalized spacial score (nSPS) is 18.0. The Morgan fingerprint density at radius 2 is 1.97 bits per heavy atom. The van der Waals surface area contributed by atoms with Crippen LogP contribution in [0.15, 0.2) is 87.1 Å². The molecule has 2 heterocycles. The summed E-state index contributed by atoms with van der Waals surface area (Å²) in [6, 6.07) is 17.6. The number of carbonyl (C=O) groups excluding carboxylic acids is 2. The van der Waals surface area contributed by atoms with Gasteiger partial charge in [-0.25, -0.2) is 4.79 Å². The molecule has 2 amide bonds. The number of nitrogens with one attached hydrogen (secondary N) is 2. The van der Waals surface area contributed by atoms with Crippen LogP contribution in [0.25, 0.3) is 0 Å². The molecule has 5 rings (SSSR count). The van der Waals surface area contributed by atoms with Gasteiger partial charge in [-0.15, -0.1) is 0 Å². The Labute approximate surface area is 188 Å². The summed E-state index contributed by atoms with van der Waals surface area (Å²) in [6.07, 6.45) is 3.54. The Balaban J connectivity index is 1.68. The van der Waals surface area contributed by atoms with Gasteiger partial charge in [-0.2, -0.15) is 0 Å². The number of ketones is 1. The Bertz CT molecular complexity index is 1190. The molecule has 0 bridgehead atoms. The minimum absolute atomic E-state index is 0.0308. The second-order valence-electron chi connectivity index (χ2n) is 7.54. The molecule has 0 unspecified atom stereocenters. The Morgan fingerprint density at radius 1 is 1.10 bits per heavy atom. The molecule has 3 aromatic rings. The van der Waals surface area contributed by atoms with Crippen LogP contribution in [-0.2, 0) is 4.79 Å². The number of hydrogen-bond donors (Lipinski definition) is 2. The number of furan rings is 1. The molecule has 31 heavy (non-hydrogen) atoms. The molecule has 6 nitrogen and oxygen atoms in total. The molecule has 156 valence electrons. The van der Waals surface area contributed by atoms with Crippen molar-refractivity contribution in [2.75, 3.05) is 15.5 Å². The summed E-state index contributed by atoms with van der Waals surface area (Å²) in [5, 5.41) is 6.41. The molecule has 0 radical (unpaired) electrons. The standard InChI is InChI=1S/C24H20BrN3O3/c25-15-6-3-7-16(14-15)26-24(30)28-19-10-2-1-8-17(19)27-18-9-4-11-20(29)22(18)23(28)21-12-5-13-31-21/h1-3,5-8,10,12-14,23,27H,4,9,11H2,(H,26,30)/t23-/m0/s1. The maximum absolute atomic E-state index is 13.7. The number of Topliss-reactive ketones (excluding diaryl/α,β-unsaturated/α-hetero) is 1. The first-order valence-electron chi connectivity index (χ1n) is 10.1. The third-order valence-corrected chi connectivity index (χ3v) is 6.04. The van der Waals surface area contributed by atoms with Gasteiger partial charge in [0.2, 0.25) is 0 Å². The molecule has 1 aliphatic carbocycles. The van der Waals surface area contributed by atoms with Crippen LogP contribution >= 0.6 is 15.9 Å². The lowest BCUT2D eigenvalue weighted by Gasteiger charge is -2.32. The number of halogens is 1. The first-order valence-corrected chi connectivity index (χ1v) is 10.9. The fourth-order valence-corrected chi connectivity index (χ4v) is 4.62. The van der Waals surface area contributed by atoms with Crippen molar-refractivity contribution >= 4 is 44.8 Å². The lowest BCUT2D eigenvalue weighted by Crippen LogP contribution is -2.40. The second kappa shape index (κ2) is 8.07. The molecule has 2 aliphatic rings. The topological polar surface area (TPSA) is 74.6 Å². The number of benzene rings is 2. The number of nitrogens with zero attached hydrogens (tertiary/aromatic N) is 1. The van der Waals surface area contributed by atoms with Gasteiger partial charge in [-0.3, -0.25) is 9.69 Å². The minimum atomic E-state index is -0.666. The summed E-state index contributed by atoms with van der Waals surface area (Å²) in [5.41, 5.74) is 3.54. The molecule has 1 atom stereocenters. The van der Waals surface area contributed by atoms with Crippen LogP contribution in [0.2, 0.25) is 0 Å². The number of allylic oxidation sites excluding steroid dienone is 1. The Morgan fingerprint density at radius 3 is 2.77 bits per heavy atom. The van der Waals surface area contributed by atoms with Crippen molar-refractivity contribution in [3.63, 3.8) is 0 Å². The lowest BCUT2D eigenvalue weighted by molar-refractivity contribution is -0.116. The first-order chi connectivity index (χ1) is 15.1. The molecule has 2 N–H and O–H groups in total. The number of urea groups is 1. The van der Waals surface area contributed by atoms with E-state index in [0.717, 1.165) is 28.7 Å². The van der Waals surface area contributed by atoms with Gasteiger partial charge in [0, 0.05) is 27.9 Å². The number of rotatable bonds is 2. The number of anilines is 3. The SMILES string of the molecule is O=C1CCCC2=C1[C@H](c1ccco1)N(C(=O)Nc1cccc(Br)c1)c1ccccc1N2. The number of hydrogen-bond acceptors (Lipinski definition) is 4. The second-order valence-corrected chi connectivity index (χ2v) is 8.46. The molecular formula is C24H20BrN3O3. The van der Waals surface area contributed by atoms with Crippen molar-refractivity contribution < 1.29 is 14.0 Å². The maximum Gasteiger partial charge on any atom is 0.327 e. The van der Waals surface area contributed by atoms with Gasteiger partial charge in [0.1, 0.15) is 11.8 Å². The Kier molecular flexibility index (Phi) is 5.11. The number of amides is 2. The predicted molar refractivity (Wildman–Crippen MR) is 123 cm³/mol. The van der Waals surface area contributed by atoms with Crippen LogP contribution in [0.4, 0.5) is 21.9 Å². The van der Waals surface area contributed by atoms with E-state index >= 15 is 0 Å². The van der Waals surface area contributed by atoms with Gasteiger partial charge < -0.3 is 15.1 Å². The third kappa shape index (κ3) is 3.65. The molecule has 0 fully saturated rings. The molecule has 1 aliphatic heterocycles. The highest BCUT2D eigenvalue weighted by atomic mass is 79.9. The number of carbonyl (C=O) groups is 2. The van der Waals surface area contributed by atoms with Crippen LogP contribution in [0.5, 0.6) is 0 Å². The van der Waals surface area contributed by atoms with Crippen molar-refractivity contribution in [1.82, 2.24) is 0 Å². The summed E-state index contributed by atoms with van der Waals surface area (Å²) >= 11 is 3.44. The van der Waals surface area contributed by atoms with E-state index in [2.05, 4.69) is 26.6 Å². The zero-order valence-electron chi connectivity index (χ0n) is 16.6. The van der Waals surface area contributed by atoms with E-state index in [1.54, 1.807) is 17.2 Å². The average molecular weight is 478 g/mol. The summed E-state index contributed by atoms with van der Waals surface area (Å²) in [6.45, 7) is 0. The lowest BCUT2D eigenvalue weighted by atomic mass is 9.88. The van der Waals surface area contributed by atoms with Crippen molar-refractivity contribution in [2.45, 2.75) is 25.3 Å². The van der Waals surface area contributed by atoms with Crippen LogP contribution < -0.4 is 15.5 Å². The Hall–Kier alpha value is -3.32. The number of fused-ring (bicyclic) bond motifs is 1. The predicted octanol–water partition coefficient (Wildman–Crippen LogP) is 6.25. The van der Waals surface area contributed by atoms with Gasteiger partial charge in [0.15, 0.2) is 5.78 Å². The maximum atomic E-state index is 13.7. The fourth-order valence-electron chi connectivity index (χ4n) is 4.22. The molecular weight excluding hydrogens is 458 g/mol. The van der Waals surface area contributed by atoms with Crippen molar-refractivity contribution in [3.05, 3.63) is 88.4 Å². The molecule has 7 heteroatoms. The molecule has 0 saturated heterocycles. The third-order valence-electron chi connectivity index (χ3n) is 5.54. The zero-order chi connectivity index (χ0) is 21.4. The highest BCUT2D eigenvalue weighted by Gasteiger charge is 2.41.